The number of rotatable bonds is 4. The van der Waals surface area contributed by atoms with Gasteiger partial charge in [0.1, 0.15) is 11.6 Å². The van der Waals surface area contributed by atoms with Crippen LogP contribution in [0, 0.1) is 18.3 Å². The quantitative estimate of drug-likeness (QED) is 0.931. The molecule has 0 bridgehead atoms. The predicted molar refractivity (Wildman–Crippen MR) is 95.5 cm³/mol. The molecular weight excluding hydrogens is 312 g/mol. The van der Waals surface area contributed by atoms with Gasteiger partial charge in [-0.25, -0.2) is 9.97 Å². The number of hydrogen-bond acceptors (Lipinski definition) is 4. The van der Waals surface area contributed by atoms with Crippen molar-refractivity contribution < 1.29 is 4.74 Å². The van der Waals surface area contributed by atoms with Gasteiger partial charge in [-0.1, -0.05) is 18.9 Å². The van der Waals surface area contributed by atoms with Crippen molar-refractivity contribution in [3.63, 3.8) is 0 Å². The number of hydrogen-bond donors (Lipinski definition) is 1. The monoisotopic (exact) mass is 338 g/mol. The molecule has 0 aromatic carbocycles. The molecule has 0 radical (unpaired) electrons. The summed E-state index contributed by atoms with van der Waals surface area (Å²) < 4.78 is 8.09. The Morgan fingerprint density at radius 1 is 1.28 bits per heavy atom. The molecule has 3 fully saturated rings. The number of fused-ring (bicyclic) bond motifs is 2. The maximum absolute atomic E-state index is 6.08. The number of pyridine rings is 1. The second kappa shape index (κ2) is 5.92. The first-order valence-corrected chi connectivity index (χ1v) is 9.58. The van der Waals surface area contributed by atoms with E-state index in [-0.39, 0.29) is 0 Å². The van der Waals surface area contributed by atoms with E-state index >= 15 is 0 Å². The van der Waals surface area contributed by atoms with Gasteiger partial charge in [0.15, 0.2) is 0 Å². The van der Waals surface area contributed by atoms with Gasteiger partial charge in [-0.15, -0.1) is 0 Å². The van der Waals surface area contributed by atoms with Crippen molar-refractivity contribution in [3.8, 4) is 5.82 Å². The van der Waals surface area contributed by atoms with Crippen molar-refractivity contribution in [1.29, 1.82) is 0 Å². The summed E-state index contributed by atoms with van der Waals surface area (Å²) in [7, 11) is 0. The van der Waals surface area contributed by atoms with E-state index in [2.05, 4.69) is 27.4 Å². The highest BCUT2D eigenvalue weighted by Gasteiger charge is 2.64. The van der Waals surface area contributed by atoms with Crippen LogP contribution >= 0.6 is 0 Å². The molecule has 5 heteroatoms. The lowest BCUT2D eigenvalue weighted by Crippen LogP contribution is -2.67. The standard InChI is InChI=1S/C20H26N4O/c1-14-21-9-10-24(14)17-5-4-15(12-22-17)13-23-18-16-6-11-25-19(16)20(18)7-2-3-8-20/h4-5,9-10,12,16,18-19,23H,2-3,6-8,11,13H2,1H3/t16-,18+,19-/m0/s1. The van der Waals surface area contributed by atoms with Crippen LogP contribution in [0.5, 0.6) is 0 Å². The first kappa shape index (κ1) is 15.5. The van der Waals surface area contributed by atoms with Gasteiger partial charge in [-0.3, -0.25) is 4.57 Å². The zero-order valence-corrected chi connectivity index (χ0v) is 14.8. The lowest BCUT2D eigenvalue weighted by molar-refractivity contribution is -0.130. The lowest BCUT2D eigenvalue weighted by atomic mass is 9.54. The molecule has 3 aliphatic rings. The van der Waals surface area contributed by atoms with Crippen LogP contribution in [0.25, 0.3) is 5.82 Å². The van der Waals surface area contributed by atoms with Crippen LogP contribution in [0.3, 0.4) is 0 Å². The third-order valence-corrected chi connectivity index (χ3v) is 6.69. The topological polar surface area (TPSA) is 52.0 Å². The Bertz CT molecular complexity index is 747. The summed E-state index contributed by atoms with van der Waals surface area (Å²) in [5.74, 6) is 2.61. The maximum Gasteiger partial charge on any atom is 0.137 e. The van der Waals surface area contributed by atoms with Crippen LogP contribution in [0.15, 0.2) is 30.7 Å². The Hall–Kier alpha value is -1.72. The SMILES string of the molecule is Cc1nccn1-c1ccc(CN[C@@H]2[C@@H]3CCO[C@@H]3C23CCCC3)cn1. The Labute approximate surface area is 148 Å². The van der Waals surface area contributed by atoms with Gasteiger partial charge in [0.25, 0.3) is 0 Å². The van der Waals surface area contributed by atoms with E-state index in [0.29, 0.717) is 17.6 Å². The molecule has 3 atom stereocenters. The molecule has 2 saturated carbocycles. The Balaban J connectivity index is 1.28. The van der Waals surface area contributed by atoms with E-state index in [1.807, 2.05) is 30.1 Å². The normalized spacial score (nSPS) is 29.7. The fourth-order valence-corrected chi connectivity index (χ4v) is 5.52. The molecule has 0 amide bonds. The van der Waals surface area contributed by atoms with Gasteiger partial charge in [0.2, 0.25) is 0 Å². The van der Waals surface area contributed by atoms with Crippen molar-refractivity contribution in [2.24, 2.45) is 11.3 Å². The number of aromatic nitrogens is 3. The molecule has 25 heavy (non-hydrogen) atoms. The fraction of sp³-hybridized carbons (Fsp3) is 0.600. The number of aryl methyl sites for hydroxylation is 1. The van der Waals surface area contributed by atoms with Crippen molar-refractivity contribution in [1.82, 2.24) is 19.9 Å². The van der Waals surface area contributed by atoms with Gasteiger partial charge < -0.3 is 10.1 Å². The minimum Gasteiger partial charge on any atom is -0.377 e. The summed E-state index contributed by atoms with van der Waals surface area (Å²) in [5.41, 5.74) is 1.67. The molecule has 1 spiro atoms. The zero-order chi connectivity index (χ0) is 16.9. The van der Waals surface area contributed by atoms with Crippen LogP contribution in [0.2, 0.25) is 0 Å². The van der Waals surface area contributed by atoms with Crippen molar-refractivity contribution >= 4 is 0 Å². The number of imidazole rings is 1. The van der Waals surface area contributed by atoms with Crippen molar-refractivity contribution in [2.75, 3.05) is 6.61 Å². The van der Waals surface area contributed by atoms with Crippen LogP contribution in [0.4, 0.5) is 0 Å². The van der Waals surface area contributed by atoms with E-state index in [1.54, 1.807) is 0 Å². The van der Waals surface area contributed by atoms with Gasteiger partial charge in [0, 0.05) is 49.1 Å². The minimum absolute atomic E-state index is 0.419. The average Bonchev–Trinajstić information content (AvgIpc) is 3.35. The molecule has 5 rings (SSSR count). The Kier molecular flexibility index (Phi) is 3.68. The van der Waals surface area contributed by atoms with Gasteiger partial charge in [-0.2, -0.15) is 0 Å². The molecule has 132 valence electrons. The van der Waals surface area contributed by atoms with E-state index in [4.69, 9.17) is 4.74 Å². The Morgan fingerprint density at radius 2 is 2.16 bits per heavy atom. The second-order valence-corrected chi connectivity index (χ2v) is 7.91. The van der Waals surface area contributed by atoms with Crippen molar-refractivity contribution in [2.45, 2.75) is 57.7 Å². The molecule has 1 aliphatic heterocycles. The smallest absolute Gasteiger partial charge is 0.137 e. The third-order valence-electron chi connectivity index (χ3n) is 6.69. The first-order chi connectivity index (χ1) is 12.3. The number of nitrogens with one attached hydrogen (secondary N) is 1. The summed E-state index contributed by atoms with van der Waals surface area (Å²) >= 11 is 0. The summed E-state index contributed by atoms with van der Waals surface area (Å²) in [6.07, 6.45) is 12.9. The summed E-state index contributed by atoms with van der Waals surface area (Å²) in [5, 5.41) is 3.87. The number of nitrogens with zero attached hydrogens (tertiary/aromatic N) is 3. The molecule has 2 aromatic heterocycles. The second-order valence-electron chi connectivity index (χ2n) is 7.91. The van der Waals surface area contributed by atoms with Crippen LogP contribution in [-0.2, 0) is 11.3 Å². The molecule has 1 saturated heterocycles. The summed E-state index contributed by atoms with van der Waals surface area (Å²) in [6, 6.07) is 4.88. The van der Waals surface area contributed by atoms with Crippen molar-refractivity contribution in [3.05, 3.63) is 42.1 Å². The summed E-state index contributed by atoms with van der Waals surface area (Å²) in [4.78, 5) is 8.88. The van der Waals surface area contributed by atoms with Crippen LogP contribution in [-0.4, -0.2) is 33.3 Å². The highest BCUT2D eigenvalue weighted by molar-refractivity contribution is 5.27. The van der Waals surface area contributed by atoms with Gasteiger partial charge in [-0.05, 0) is 37.8 Å². The fourth-order valence-electron chi connectivity index (χ4n) is 5.52. The Morgan fingerprint density at radius 3 is 2.88 bits per heavy atom. The zero-order valence-electron chi connectivity index (χ0n) is 14.8. The van der Waals surface area contributed by atoms with Crippen LogP contribution < -0.4 is 5.32 Å². The molecule has 0 unspecified atom stereocenters. The highest BCUT2D eigenvalue weighted by atomic mass is 16.5. The summed E-state index contributed by atoms with van der Waals surface area (Å²) in [6.45, 7) is 3.84. The molecule has 2 aliphatic carbocycles. The van der Waals surface area contributed by atoms with E-state index in [0.717, 1.165) is 30.7 Å². The number of ether oxygens (including phenoxy) is 1. The molecule has 2 aromatic rings. The van der Waals surface area contributed by atoms with E-state index < -0.39 is 0 Å². The van der Waals surface area contributed by atoms with E-state index in [1.165, 1.54) is 37.7 Å². The third kappa shape index (κ3) is 2.36. The first-order valence-electron chi connectivity index (χ1n) is 9.58. The molecule has 5 nitrogen and oxygen atoms in total. The maximum atomic E-state index is 6.08. The largest absolute Gasteiger partial charge is 0.377 e. The average molecular weight is 338 g/mol. The van der Waals surface area contributed by atoms with Gasteiger partial charge >= 0.3 is 0 Å². The van der Waals surface area contributed by atoms with Gasteiger partial charge in [0.05, 0.1) is 6.10 Å². The van der Waals surface area contributed by atoms with E-state index in [9.17, 15) is 0 Å². The predicted octanol–water partition coefficient (Wildman–Crippen LogP) is 3.01. The van der Waals surface area contributed by atoms with Crippen LogP contribution in [0.1, 0.15) is 43.5 Å². The molecule has 1 N–H and O–H groups in total. The highest BCUT2D eigenvalue weighted by Crippen LogP contribution is 2.60. The lowest BCUT2D eigenvalue weighted by Gasteiger charge is -2.57. The molecular formula is C20H26N4O. The minimum atomic E-state index is 0.419. The molecule has 3 heterocycles.